The van der Waals surface area contributed by atoms with E-state index in [2.05, 4.69) is 48.5 Å². The van der Waals surface area contributed by atoms with E-state index >= 15 is 0 Å². The number of unbranched alkanes of at least 4 members (excludes halogenated alkanes) is 9. The summed E-state index contributed by atoms with van der Waals surface area (Å²) < 4.78 is 18.1. The van der Waals surface area contributed by atoms with Crippen LogP contribution in [-0.4, -0.2) is 18.8 Å². The molecule has 0 aliphatic heterocycles. The molecule has 5 heteroatoms. The van der Waals surface area contributed by atoms with Gasteiger partial charge in [-0.25, -0.2) is 4.79 Å². The van der Waals surface area contributed by atoms with Gasteiger partial charge in [0.25, 0.3) is 0 Å². The first-order chi connectivity index (χ1) is 20.5. The maximum absolute atomic E-state index is 12.7. The Morgan fingerprint density at radius 2 is 1.56 bits per heavy atom. The van der Waals surface area contributed by atoms with Crippen molar-refractivity contribution in [3.63, 3.8) is 0 Å². The summed E-state index contributed by atoms with van der Waals surface area (Å²) in [5, 5.41) is 4.83. The molecule has 0 aromatic carbocycles. The zero-order valence-electron chi connectivity index (χ0n) is 28.6. The molecular weight excluding hydrogens is 552 g/mol. The van der Waals surface area contributed by atoms with Crippen molar-refractivity contribution < 1.29 is 13.9 Å². The zero-order chi connectivity index (χ0) is 31.7. The fourth-order valence-corrected chi connectivity index (χ4v) is 6.05. The molecule has 1 atom stereocenters. The molecule has 2 heterocycles. The first-order valence-electron chi connectivity index (χ1n) is 16.8. The van der Waals surface area contributed by atoms with Crippen molar-refractivity contribution in [2.75, 3.05) is 13.2 Å². The van der Waals surface area contributed by atoms with Gasteiger partial charge in [0, 0.05) is 17.9 Å². The van der Waals surface area contributed by atoms with E-state index in [0.717, 1.165) is 36.0 Å². The minimum atomic E-state index is -0.319. The Hall–Kier alpha value is -2.11. The normalized spacial score (nSPS) is 14.5. The molecule has 2 aromatic rings. The van der Waals surface area contributed by atoms with E-state index in [1.54, 1.807) is 11.3 Å². The van der Waals surface area contributed by atoms with Crippen molar-refractivity contribution in [1.29, 1.82) is 0 Å². The van der Waals surface area contributed by atoms with Crippen molar-refractivity contribution in [2.24, 2.45) is 11.3 Å². The van der Waals surface area contributed by atoms with Crippen molar-refractivity contribution in [2.45, 2.75) is 138 Å². The fraction of sp³-hybridized carbons (Fsp3) is 0.658. The molecule has 0 bridgehead atoms. The number of rotatable bonds is 20. The molecular formula is C38H60O4S. The predicted octanol–water partition coefficient (Wildman–Crippen LogP) is 10.0. The SMILES string of the molecule is C/C=c1/cc(-c2ccsc2)c(=O)o/c1=C/C(=C/CC)OCCCCCCCCCCCCOC(C)(C)C(C)CC(C)(C)C. The van der Waals surface area contributed by atoms with E-state index in [9.17, 15) is 4.79 Å². The molecule has 0 saturated heterocycles. The quantitative estimate of drug-likeness (QED) is 0.110. The van der Waals surface area contributed by atoms with E-state index in [-0.39, 0.29) is 11.2 Å². The Morgan fingerprint density at radius 3 is 2.09 bits per heavy atom. The van der Waals surface area contributed by atoms with Crippen LogP contribution in [0.4, 0.5) is 0 Å². The Balaban J connectivity index is 1.60. The van der Waals surface area contributed by atoms with Crippen LogP contribution < -0.4 is 16.3 Å². The number of allylic oxidation sites excluding steroid dienone is 2. The molecule has 0 fully saturated rings. The first-order valence-corrected chi connectivity index (χ1v) is 17.7. The summed E-state index contributed by atoms with van der Waals surface area (Å²) in [5.41, 5.74) is 2.03. The molecule has 1 unspecified atom stereocenters. The average molecular weight is 613 g/mol. The van der Waals surface area contributed by atoms with Gasteiger partial charge in [0.1, 0.15) is 11.2 Å². The third kappa shape index (κ3) is 14.5. The molecule has 2 aromatic heterocycles. The second-order valence-electron chi connectivity index (χ2n) is 13.7. The van der Waals surface area contributed by atoms with Crippen LogP contribution >= 0.6 is 11.3 Å². The lowest BCUT2D eigenvalue weighted by Gasteiger charge is -2.36. The molecule has 0 N–H and O–H groups in total. The summed E-state index contributed by atoms with van der Waals surface area (Å²) in [5.74, 6) is 1.33. The molecule has 0 saturated carbocycles. The third-order valence-electron chi connectivity index (χ3n) is 8.22. The maximum atomic E-state index is 12.7. The van der Waals surface area contributed by atoms with Crippen LogP contribution in [-0.2, 0) is 9.47 Å². The number of thiophene rings is 1. The number of hydrogen-bond acceptors (Lipinski definition) is 5. The topological polar surface area (TPSA) is 48.7 Å². The highest BCUT2D eigenvalue weighted by molar-refractivity contribution is 7.08. The zero-order valence-corrected chi connectivity index (χ0v) is 29.4. The minimum absolute atomic E-state index is 0.0458. The molecule has 0 amide bonds. The Labute approximate surface area is 266 Å². The van der Waals surface area contributed by atoms with Gasteiger partial charge in [0.2, 0.25) is 0 Å². The van der Waals surface area contributed by atoms with E-state index in [1.807, 2.05) is 48.0 Å². The van der Waals surface area contributed by atoms with Crippen LogP contribution in [0, 0.1) is 11.3 Å². The van der Waals surface area contributed by atoms with Crippen molar-refractivity contribution in [3.8, 4) is 11.1 Å². The summed E-state index contributed by atoms with van der Waals surface area (Å²) in [6, 6.07) is 3.86. The van der Waals surface area contributed by atoms with Crippen LogP contribution in [0.15, 0.2) is 43.9 Å². The standard InChI is InChI=1S/C38H60O4S/c1-9-21-33(27-35-31(10-2)26-34(36(39)42-35)32-22-25-43-29-32)40-23-19-17-15-13-11-12-14-16-18-20-24-41-38(7,8)30(3)28-37(4,5)6/h10,21-22,25-27,29-30H,9,11-20,23-24,28H2,1-8H3/b31-10-,33-21-,35-27+. The molecule has 43 heavy (non-hydrogen) atoms. The highest BCUT2D eigenvalue weighted by atomic mass is 32.1. The maximum Gasteiger partial charge on any atom is 0.344 e. The minimum Gasteiger partial charge on any atom is -0.494 e. The first kappa shape index (κ1) is 37.1. The van der Waals surface area contributed by atoms with Gasteiger partial charge >= 0.3 is 5.63 Å². The summed E-state index contributed by atoms with van der Waals surface area (Å²) >= 11 is 1.57. The average Bonchev–Trinajstić information content (AvgIpc) is 3.47. The smallest absolute Gasteiger partial charge is 0.344 e. The van der Waals surface area contributed by atoms with Gasteiger partial charge < -0.3 is 13.9 Å². The van der Waals surface area contributed by atoms with Crippen molar-refractivity contribution in [3.05, 3.63) is 55.8 Å². The Bertz CT molecular complexity index is 1240. The molecule has 0 aliphatic rings. The molecule has 0 spiro atoms. The van der Waals surface area contributed by atoms with Crippen molar-refractivity contribution in [1.82, 2.24) is 0 Å². The van der Waals surface area contributed by atoms with Gasteiger partial charge in [-0.15, -0.1) is 0 Å². The van der Waals surface area contributed by atoms with Gasteiger partial charge in [-0.1, -0.05) is 92.1 Å². The van der Waals surface area contributed by atoms with Gasteiger partial charge in [-0.2, -0.15) is 11.3 Å². The molecule has 2 rings (SSSR count). The van der Waals surface area contributed by atoms with Crippen molar-refractivity contribution >= 4 is 23.5 Å². The highest BCUT2D eigenvalue weighted by Crippen LogP contribution is 2.33. The van der Waals surface area contributed by atoms with Crippen LogP contribution in [0.5, 0.6) is 0 Å². The number of ether oxygens (including phenoxy) is 2. The summed E-state index contributed by atoms with van der Waals surface area (Å²) in [6.07, 6.45) is 20.4. The second-order valence-corrected chi connectivity index (χ2v) is 14.5. The molecule has 0 aliphatic carbocycles. The van der Waals surface area contributed by atoms with E-state index < -0.39 is 0 Å². The molecule has 242 valence electrons. The van der Waals surface area contributed by atoms with Crippen LogP contribution in [0.25, 0.3) is 23.3 Å². The highest BCUT2D eigenvalue weighted by Gasteiger charge is 2.29. The lowest BCUT2D eigenvalue weighted by atomic mass is 9.78. The van der Waals surface area contributed by atoms with E-state index in [0.29, 0.717) is 28.9 Å². The van der Waals surface area contributed by atoms with Gasteiger partial charge in [0.05, 0.1) is 17.8 Å². The van der Waals surface area contributed by atoms with E-state index in [4.69, 9.17) is 13.9 Å². The lowest BCUT2D eigenvalue weighted by molar-refractivity contribution is -0.0659. The molecule has 0 radical (unpaired) electrons. The number of hydrogen-bond donors (Lipinski definition) is 0. The van der Waals surface area contributed by atoms with Gasteiger partial charge in [-0.05, 0) is 92.3 Å². The van der Waals surface area contributed by atoms with Crippen LogP contribution in [0.3, 0.4) is 0 Å². The predicted molar refractivity (Wildman–Crippen MR) is 186 cm³/mol. The summed E-state index contributed by atoms with van der Waals surface area (Å²) in [4.78, 5) is 12.7. The Morgan fingerprint density at radius 1 is 0.953 bits per heavy atom. The lowest BCUT2D eigenvalue weighted by Crippen LogP contribution is -2.35. The summed E-state index contributed by atoms with van der Waals surface area (Å²) in [6.45, 7) is 19.4. The van der Waals surface area contributed by atoms with Gasteiger partial charge in [-0.3, -0.25) is 0 Å². The largest absolute Gasteiger partial charge is 0.494 e. The summed E-state index contributed by atoms with van der Waals surface area (Å²) in [7, 11) is 0. The third-order valence-corrected chi connectivity index (χ3v) is 8.90. The van der Waals surface area contributed by atoms with Crippen LogP contribution in [0.2, 0.25) is 0 Å². The molecule has 4 nitrogen and oxygen atoms in total. The van der Waals surface area contributed by atoms with Gasteiger partial charge in [0.15, 0.2) is 0 Å². The monoisotopic (exact) mass is 612 g/mol. The second kappa shape index (κ2) is 19.3. The van der Waals surface area contributed by atoms with E-state index in [1.165, 1.54) is 64.2 Å². The van der Waals surface area contributed by atoms with Crippen LogP contribution in [0.1, 0.15) is 132 Å². The Kier molecular flexibility index (Phi) is 16.7. The fourth-order valence-electron chi connectivity index (χ4n) is 5.40.